The van der Waals surface area contributed by atoms with Crippen molar-refractivity contribution in [3.8, 4) is 0 Å². The summed E-state index contributed by atoms with van der Waals surface area (Å²) in [7, 11) is -3.85. The van der Waals surface area contributed by atoms with Crippen LogP contribution in [0.15, 0.2) is 10.3 Å². The fourth-order valence-corrected chi connectivity index (χ4v) is 5.47. The van der Waals surface area contributed by atoms with Crippen molar-refractivity contribution in [1.29, 1.82) is 0 Å². The molecule has 0 aliphatic carbocycles. The number of hydrogen-bond acceptors (Lipinski definition) is 5. The highest BCUT2D eigenvalue weighted by atomic mass is 35.5. The number of rotatable bonds is 3. The molecule has 1 aliphatic rings. The van der Waals surface area contributed by atoms with Crippen molar-refractivity contribution in [3.63, 3.8) is 0 Å². The van der Waals surface area contributed by atoms with E-state index in [0.29, 0.717) is 0 Å². The lowest BCUT2D eigenvalue weighted by Crippen LogP contribution is -2.48. The molecule has 2 heterocycles. The summed E-state index contributed by atoms with van der Waals surface area (Å²) in [6.07, 6.45) is -0.974. The van der Waals surface area contributed by atoms with Gasteiger partial charge in [0.15, 0.2) is 0 Å². The van der Waals surface area contributed by atoms with E-state index in [0.717, 1.165) is 15.6 Å². The van der Waals surface area contributed by atoms with E-state index in [1.165, 1.54) is 6.07 Å². The van der Waals surface area contributed by atoms with Gasteiger partial charge in [-0.25, -0.2) is 8.42 Å². The first-order chi connectivity index (χ1) is 9.23. The van der Waals surface area contributed by atoms with Gasteiger partial charge in [0.05, 0.1) is 17.0 Å². The average molecular weight is 360 g/mol. The molecule has 1 aliphatic heterocycles. The number of carboxylic acids is 1. The topological polar surface area (TPSA) is 94.9 Å². The second-order valence-corrected chi connectivity index (χ2v) is 8.58. The maximum absolute atomic E-state index is 12.4. The molecular formula is C10H11Cl2NO5S2. The molecule has 20 heavy (non-hydrogen) atoms. The van der Waals surface area contributed by atoms with E-state index in [4.69, 9.17) is 28.3 Å². The largest absolute Gasteiger partial charge is 0.481 e. The molecule has 112 valence electrons. The number of halogens is 2. The van der Waals surface area contributed by atoms with E-state index in [1.807, 2.05) is 0 Å². The van der Waals surface area contributed by atoms with Crippen LogP contribution >= 0.6 is 34.5 Å². The molecule has 0 radical (unpaired) electrons. The molecule has 0 bridgehead atoms. The van der Waals surface area contributed by atoms with Crippen LogP contribution in [0.25, 0.3) is 0 Å². The molecule has 0 amide bonds. The van der Waals surface area contributed by atoms with Crippen molar-refractivity contribution in [1.82, 2.24) is 4.31 Å². The number of sulfonamides is 1. The first-order valence-electron chi connectivity index (χ1n) is 5.59. The normalized spacial score (nSPS) is 24.8. The second-order valence-electron chi connectivity index (χ2n) is 4.35. The van der Waals surface area contributed by atoms with Gasteiger partial charge in [-0.3, -0.25) is 4.79 Å². The van der Waals surface area contributed by atoms with Gasteiger partial charge in [-0.1, -0.05) is 23.2 Å². The molecule has 0 saturated carbocycles. The second kappa shape index (κ2) is 5.78. The highest BCUT2D eigenvalue weighted by Crippen LogP contribution is 2.36. The number of carboxylic acid groups (broad SMARTS) is 1. The van der Waals surface area contributed by atoms with Gasteiger partial charge >= 0.3 is 5.97 Å². The Kier molecular flexibility index (Phi) is 4.63. The summed E-state index contributed by atoms with van der Waals surface area (Å²) in [4.78, 5) is 11.0. The van der Waals surface area contributed by atoms with Crippen molar-refractivity contribution in [2.24, 2.45) is 5.92 Å². The van der Waals surface area contributed by atoms with E-state index in [2.05, 4.69) is 0 Å². The number of piperidine rings is 1. The summed E-state index contributed by atoms with van der Waals surface area (Å²) in [5.41, 5.74) is 0. The lowest BCUT2D eigenvalue weighted by molar-refractivity contribution is -0.147. The smallest absolute Gasteiger partial charge is 0.310 e. The molecule has 1 aromatic heterocycles. The van der Waals surface area contributed by atoms with Gasteiger partial charge in [0.2, 0.25) is 0 Å². The summed E-state index contributed by atoms with van der Waals surface area (Å²) in [5, 5.41) is 18.7. The molecule has 2 rings (SSSR count). The quantitative estimate of drug-likeness (QED) is 0.852. The number of nitrogens with zero attached hydrogens (tertiary/aromatic N) is 1. The molecule has 1 fully saturated rings. The zero-order valence-electron chi connectivity index (χ0n) is 9.99. The van der Waals surface area contributed by atoms with Gasteiger partial charge < -0.3 is 10.2 Å². The van der Waals surface area contributed by atoms with E-state index < -0.39 is 28.0 Å². The van der Waals surface area contributed by atoms with Gasteiger partial charge in [0.25, 0.3) is 10.0 Å². The molecule has 10 heteroatoms. The average Bonchev–Trinajstić information content (AvgIpc) is 2.70. The highest BCUT2D eigenvalue weighted by molar-refractivity contribution is 7.91. The molecule has 2 atom stereocenters. The van der Waals surface area contributed by atoms with Crippen LogP contribution in [0.4, 0.5) is 0 Å². The molecule has 1 saturated heterocycles. The maximum Gasteiger partial charge on any atom is 0.310 e. The number of aliphatic hydroxyl groups is 1. The molecule has 0 spiro atoms. The SMILES string of the molecule is O=C(O)[C@H]1CN(S(=O)(=O)c2cc(Cl)c(Cl)s2)CC[C@@H]1O. The third-order valence-corrected chi connectivity index (χ3v) is 7.25. The Bertz CT molecular complexity index is 610. The van der Waals surface area contributed by atoms with Gasteiger partial charge in [-0.05, 0) is 12.5 Å². The van der Waals surface area contributed by atoms with Crippen molar-refractivity contribution in [3.05, 3.63) is 15.4 Å². The molecule has 0 aromatic carbocycles. The Morgan fingerprint density at radius 1 is 1.45 bits per heavy atom. The first-order valence-corrected chi connectivity index (χ1v) is 8.60. The molecule has 6 nitrogen and oxygen atoms in total. The fraction of sp³-hybridized carbons (Fsp3) is 0.500. The Balaban J connectivity index is 2.28. The zero-order valence-corrected chi connectivity index (χ0v) is 13.1. The van der Waals surface area contributed by atoms with E-state index in [9.17, 15) is 18.3 Å². The van der Waals surface area contributed by atoms with Crippen LogP contribution in [0, 0.1) is 5.92 Å². The Morgan fingerprint density at radius 2 is 2.10 bits per heavy atom. The standard InChI is InChI=1S/C10H11Cl2NO5S2/c11-6-3-8(19-9(6)12)20(17,18)13-2-1-7(14)5(4-13)10(15)16/h3,5,7,14H,1-2,4H2,(H,15,16)/t5-,7-/m0/s1. The van der Waals surface area contributed by atoms with E-state index in [-0.39, 0.29) is 33.1 Å². The van der Waals surface area contributed by atoms with Gasteiger partial charge in [-0.15, -0.1) is 11.3 Å². The Labute approximate surface area is 129 Å². The number of aliphatic carboxylic acids is 1. The molecule has 0 unspecified atom stereocenters. The van der Waals surface area contributed by atoms with Gasteiger partial charge in [0, 0.05) is 13.1 Å². The van der Waals surface area contributed by atoms with Crippen LogP contribution < -0.4 is 0 Å². The van der Waals surface area contributed by atoms with Crippen LogP contribution in [-0.2, 0) is 14.8 Å². The molecule has 2 N–H and O–H groups in total. The van der Waals surface area contributed by atoms with Crippen molar-refractivity contribution in [2.75, 3.05) is 13.1 Å². The number of hydrogen-bond donors (Lipinski definition) is 2. The predicted molar refractivity (Wildman–Crippen MR) is 74.8 cm³/mol. The Hall–Kier alpha value is -0.380. The van der Waals surface area contributed by atoms with Crippen molar-refractivity contribution >= 4 is 50.5 Å². The summed E-state index contributed by atoms with van der Waals surface area (Å²) < 4.78 is 25.9. The molecule has 1 aromatic rings. The summed E-state index contributed by atoms with van der Waals surface area (Å²) in [6.45, 7) is -0.216. The fourth-order valence-electron chi connectivity index (χ4n) is 1.95. The number of aliphatic hydroxyl groups excluding tert-OH is 1. The summed E-state index contributed by atoms with van der Waals surface area (Å²) >= 11 is 12.3. The van der Waals surface area contributed by atoms with Gasteiger partial charge in [0.1, 0.15) is 8.55 Å². The monoisotopic (exact) mass is 359 g/mol. The van der Waals surface area contributed by atoms with Gasteiger partial charge in [-0.2, -0.15) is 4.31 Å². The Morgan fingerprint density at radius 3 is 2.60 bits per heavy atom. The van der Waals surface area contributed by atoms with Crippen molar-refractivity contribution < 1.29 is 23.4 Å². The lowest BCUT2D eigenvalue weighted by Gasteiger charge is -2.32. The zero-order chi connectivity index (χ0) is 15.1. The van der Waals surface area contributed by atoms with Crippen molar-refractivity contribution in [2.45, 2.75) is 16.7 Å². The van der Waals surface area contributed by atoms with Crippen LogP contribution in [0.2, 0.25) is 9.36 Å². The third-order valence-electron chi connectivity index (χ3n) is 3.07. The molecular weight excluding hydrogens is 349 g/mol. The van der Waals surface area contributed by atoms with Crippen LogP contribution in [0.3, 0.4) is 0 Å². The minimum absolute atomic E-state index is 0.0342. The van der Waals surface area contributed by atoms with Crippen LogP contribution in [0.5, 0.6) is 0 Å². The third kappa shape index (κ3) is 2.95. The van der Waals surface area contributed by atoms with E-state index in [1.54, 1.807) is 0 Å². The maximum atomic E-state index is 12.4. The number of thiophene rings is 1. The predicted octanol–water partition coefficient (Wildman–Crippen LogP) is 1.51. The van der Waals surface area contributed by atoms with Crippen LogP contribution in [-0.4, -0.2) is 48.1 Å². The number of carbonyl (C=O) groups is 1. The lowest BCUT2D eigenvalue weighted by atomic mass is 9.96. The van der Waals surface area contributed by atoms with Crippen LogP contribution in [0.1, 0.15) is 6.42 Å². The van der Waals surface area contributed by atoms with E-state index >= 15 is 0 Å². The minimum Gasteiger partial charge on any atom is -0.481 e. The first kappa shape index (κ1) is 16.0. The highest BCUT2D eigenvalue weighted by Gasteiger charge is 2.39. The summed E-state index contributed by atoms with van der Waals surface area (Å²) in [6, 6.07) is 1.24. The summed E-state index contributed by atoms with van der Waals surface area (Å²) in [5.74, 6) is -2.36. The minimum atomic E-state index is -3.85.